The molecule has 0 radical (unpaired) electrons. The maximum absolute atomic E-state index is 13.3. The Bertz CT molecular complexity index is 1690. The Morgan fingerprint density at radius 2 is 1.64 bits per heavy atom. The first-order valence-corrected chi connectivity index (χ1v) is 19.3. The Hall–Kier alpha value is -3.48. The molecule has 2 aromatic carbocycles. The molecule has 2 unspecified atom stereocenters. The van der Waals surface area contributed by atoms with Gasteiger partial charge >= 0.3 is 5.97 Å². The number of nitrogens with zero attached hydrogens (tertiary/aromatic N) is 4. The Labute approximate surface area is 248 Å². The van der Waals surface area contributed by atoms with Crippen LogP contribution in [-0.4, -0.2) is 59.4 Å². The predicted octanol–water partition coefficient (Wildman–Crippen LogP) is 5.81. The van der Waals surface area contributed by atoms with E-state index in [4.69, 9.17) is 20.2 Å². The minimum atomic E-state index is -3.80. The molecule has 0 aliphatic carbocycles. The summed E-state index contributed by atoms with van der Waals surface area (Å²) >= 11 is 0. The molecule has 0 aliphatic heterocycles. The number of benzene rings is 2. The molecular weight excluding hydrogens is 571 g/mol. The molecule has 4 aromatic rings. The van der Waals surface area contributed by atoms with Gasteiger partial charge in [0.05, 0.1) is 34.3 Å². The molecule has 2 heterocycles. The van der Waals surface area contributed by atoms with Crippen LogP contribution in [-0.2, 0) is 24.3 Å². The molecule has 2 N–H and O–H groups in total. The second-order valence-electron chi connectivity index (χ2n) is 11.6. The summed E-state index contributed by atoms with van der Waals surface area (Å²) in [7, 11) is -5.88. The lowest BCUT2D eigenvalue weighted by molar-refractivity contribution is -0.144. The van der Waals surface area contributed by atoms with Crippen molar-refractivity contribution in [3.8, 4) is 22.5 Å². The smallest absolute Gasteiger partial charge is 0.316 e. The molecule has 0 fully saturated rings. The van der Waals surface area contributed by atoms with E-state index in [2.05, 4.69) is 29.2 Å². The van der Waals surface area contributed by atoms with Crippen molar-refractivity contribution < 1.29 is 22.7 Å². The molecule has 0 aliphatic rings. The number of ether oxygens (including phenoxy) is 2. The summed E-state index contributed by atoms with van der Waals surface area (Å²) in [6.07, 6.45) is 0. The summed E-state index contributed by atoms with van der Waals surface area (Å²) in [5.41, 5.74) is 9.84. The van der Waals surface area contributed by atoms with Crippen molar-refractivity contribution in [2.45, 2.75) is 71.3 Å². The third kappa shape index (κ3) is 5.75. The summed E-state index contributed by atoms with van der Waals surface area (Å²) in [6.45, 7) is 16.1. The zero-order valence-electron chi connectivity index (χ0n) is 25.6. The summed E-state index contributed by atoms with van der Waals surface area (Å²) in [5.74, 6) is -1.00. The molecule has 10 nitrogen and oxygen atoms in total. The molecule has 0 saturated heterocycles. The van der Waals surface area contributed by atoms with Gasteiger partial charge in [-0.2, -0.15) is 0 Å². The summed E-state index contributed by atoms with van der Waals surface area (Å²) in [5, 5.41) is -0.708. The largest absolute Gasteiger partial charge is 0.465 e. The molecule has 2 atom stereocenters. The van der Waals surface area contributed by atoms with Gasteiger partial charge in [0.15, 0.2) is 0 Å². The second-order valence-corrected chi connectivity index (χ2v) is 19.1. The van der Waals surface area contributed by atoms with Crippen molar-refractivity contribution in [1.82, 2.24) is 18.5 Å². The van der Waals surface area contributed by atoms with Gasteiger partial charge in [-0.25, -0.2) is 22.4 Å². The van der Waals surface area contributed by atoms with Crippen LogP contribution in [0, 0.1) is 0 Å². The predicted molar refractivity (Wildman–Crippen MR) is 169 cm³/mol. The number of anilines is 1. The second kappa shape index (κ2) is 12.0. The molecular formula is C30H41N5O5SSi. The minimum absolute atomic E-state index is 0.101. The van der Waals surface area contributed by atoms with Crippen molar-refractivity contribution in [3.05, 3.63) is 54.4 Å². The van der Waals surface area contributed by atoms with Crippen LogP contribution in [0.4, 0.5) is 5.95 Å². The standard InChI is InChI=1S/C30H41N5O5SSi/c1-9-39-28(36)20(5)27-33-25(22-16-17-23-24(18-22)35(29(31)32-23)41(37,38)19(3)4)26(21-14-12-11-13-15-21)34(27)30(40-10-2)42(6,7)8/h11-20,30H,9-10H2,1-8H3,(H2,31,32). The van der Waals surface area contributed by atoms with Crippen LogP contribution in [0.2, 0.25) is 19.6 Å². The van der Waals surface area contributed by atoms with E-state index >= 15 is 0 Å². The number of imidazole rings is 2. The third-order valence-corrected chi connectivity index (χ3v) is 11.1. The average Bonchev–Trinajstić information content (AvgIpc) is 3.48. The molecule has 0 amide bonds. The highest BCUT2D eigenvalue weighted by molar-refractivity contribution is 7.90. The highest BCUT2D eigenvalue weighted by Gasteiger charge is 2.37. The van der Waals surface area contributed by atoms with Gasteiger partial charge in [-0.3, -0.25) is 4.79 Å². The number of hydrogen-bond acceptors (Lipinski definition) is 8. The minimum Gasteiger partial charge on any atom is -0.465 e. The fourth-order valence-electron chi connectivity index (χ4n) is 5.01. The first-order valence-electron chi connectivity index (χ1n) is 14.2. The molecule has 2 aromatic heterocycles. The molecule has 226 valence electrons. The van der Waals surface area contributed by atoms with Crippen LogP contribution in [0.1, 0.15) is 52.2 Å². The number of fused-ring (bicyclic) bond motifs is 1. The number of hydrogen-bond donors (Lipinski definition) is 1. The van der Waals surface area contributed by atoms with Crippen LogP contribution in [0.25, 0.3) is 33.5 Å². The fourth-order valence-corrected chi connectivity index (χ4v) is 7.85. The lowest BCUT2D eigenvalue weighted by atomic mass is 10.0. The van der Waals surface area contributed by atoms with E-state index in [0.29, 0.717) is 34.7 Å². The topological polar surface area (TPSA) is 131 Å². The lowest BCUT2D eigenvalue weighted by Gasteiger charge is -2.33. The normalized spacial score (nSPS) is 13.9. The van der Waals surface area contributed by atoms with Crippen molar-refractivity contribution >= 4 is 41.0 Å². The summed E-state index contributed by atoms with van der Waals surface area (Å²) in [4.78, 5) is 22.5. The Balaban J connectivity index is 2.13. The zero-order chi connectivity index (χ0) is 31.0. The number of aromatic nitrogens is 4. The number of rotatable bonds is 11. The Morgan fingerprint density at radius 1 is 0.976 bits per heavy atom. The molecule has 12 heteroatoms. The van der Waals surface area contributed by atoms with Crippen LogP contribution < -0.4 is 5.73 Å². The summed E-state index contributed by atoms with van der Waals surface area (Å²) in [6, 6.07) is 15.2. The van der Waals surface area contributed by atoms with E-state index < -0.39 is 29.3 Å². The molecule has 0 spiro atoms. The van der Waals surface area contributed by atoms with Gasteiger partial charge in [0.1, 0.15) is 25.7 Å². The molecule has 4 rings (SSSR count). The van der Waals surface area contributed by atoms with E-state index in [1.165, 1.54) is 0 Å². The molecule has 0 saturated carbocycles. The third-order valence-electron chi connectivity index (χ3n) is 7.07. The van der Waals surface area contributed by atoms with Gasteiger partial charge in [-0.1, -0.05) is 56.0 Å². The van der Waals surface area contributed by atoms with Gasteiger partial charge in [-0.05, 0) is 46.8 Å². The Kier molecular flexibility index (Phi) is 9.00. The quantitative estimate of drug-likeness (QED) is 0.166. The maximum Gasteiger partial charge on any atom is 0.316 e. The van der Waals surface area contributed by atoms with Crippen LogP contribution in [0.15, 0.2) is 48.5 Å². The Morgan fingerprint density at radius 3 is 2.21 bits per heavy atom. The van der Waals surface area contributed by atoms with Crippen molar-refractivity contribution in [2.24, 2.45) is 0 Å². The van der Waals surface area contributed by atoms with E-state index in [9.17, 15) is 13.2 Å². The highest BCUT2D eigenvalue weighted by Crippen LogP contribution is 2.41. The fraction of sp³-hybridized carbons (Fsp3) is 0.433. The number of nitrogen functional groups attached to an aromatic ring is 1. The number of carbonyl (C=O) groups is 1. The van der Waals surface area contributed by atoms with Gasteiger partial charge < -0.3 is 19.8 Å². The monoisotopic (exact) mass is 611 g/mol. The zero-order valence-corrected chi connectivity index (χ0v) is 27.4. The maximum atomic E-state index is 13.3. The van der Waals surface area contributed by atoms with Crippen LogP contribution in [0.5, 0.6) is 0 Å². The first-order chi connectivity index (χ1) is 19.7. The van der Waals surface area contributed by atoms with E-state index in [-0.39, 0.29) is 24.4 Å². The SMILES string of the molecule is CCOC(=O)C(C)c1nc(-c2ccc3nc(N)n(S(=O)(=O)C(C)C)c3c2)c(-c2ccccc2)n1C(OCC)[Si](C)(C)C. The van der Waals surface area contributed by atoms with E-state index in [1.807, 2.05) is 43.3 Å². The van der Waals surface area contributed by atoms with Crippen molar-refractivity contribution in [2.75, 3.05) is 18.9 Å². The van der Waals surface area contributed by atoms with E-state index in [1.54, 1.807) is 39.8 Å². The first kappa shape index (κ1) is 31.5. The molecule has 0 bridgehead atoms. The summed E-state index contributed by atoms with van der Waals surface area (Å²) < 4.78 is 41.6. The molecule has 42 heavy (non-hydrogen) atoms. The lowest BCUT2D eigenvalue weighted by Crippen LogP contribution is -2.39. The number of carbonyl (C=O) groups excluding carboxylic acids is 1. The van der Waals surface area contributed by atoms with Crippen molar-refractivity contribution in [3.63, 3.8) is 0 Å². The van der Waals surface area contributed by atoms with Crippen LogP contribution in [0.3, 0.4) is 0 Å². The van der Waals surface area contributed by atoms with Gasteiger partial charge in [0, 0.05) is 17.7 Å². The van der Waals surface area contributed by atoms with Gasteiger partial charge in [-0.15, -0.1) is 0 Å². The highest BCUT2D eigenvalue weighted by atomic mass is 32.2. The average molecular weight is 612 g/mol. The van der Waals surface area contributed by atoms with Gasteiger partial charge in [0.25, 0.3) is 0 Å². The van der Waals surface area contributed by atoms with Crippen molar-refractivity contribution in [1.29, 1.82) is 0 Å². The number of esters is 1. The number of nitrogens with two attached hydrogens (primary N) is 1. The van der Waals surface area contributed by atoms with Gasteiger partial charge in [0.2, 0.25) is 16.0 Å². The van der Waals surface area contributed by atoms with E-state index in [0.717, 1.165) is 15.2 Å². The van der Waals surface area contributed by atoms with Crippen LogP contribution >= 0.6 is 0 Å².